The van der Waals surface area contributed by atoms with E-state index >= 15 is 0 Å². The molecule has 1 aliphatic rings. The average Bonchev–Trinajstić information content (AvgIpc) is 2.88. The summed E-state index contributed by atoms with van der Waals surface area (Å²) < 4.78 is 33.8. The number of carbonyl (C=O) groups excluding carboxylic acids is 1. The molecule has 1 fully saturated rings. The van der Waals surface area contributed by atoms with Crippen LogP contribution in [0.2, 0.25) is 0 Å². The summed E-state index contributed by atoms with van der Waals surface area (Å²) in [5.74, 6) is -0.427. The third-order valence-electron chi connectivity index (χ3n) is 6.18. The Balaban J connectivity index is 1.55. The number of nitro groups is 1. The van der Waals surface area contributed by atoms with E-state index in [1.165, 1.54) is 30.3 Å². The number of hydrogen-bond donors (Lipinski definition) is 2. The van der Waals surface area contributed by atoms with E-state index in [1.807, 2.05) is 30.3 Å². The van der Waals surface area contributed by atoms with Crippen molar-refractivity contribution < 1.29 is 22.9 Å². The average molecular weight is 496 g/mol. The van der Waals surface area contributed by atoms with Gasteiger partial charge in [-0.2, -0.15) is 0 Å². The van der Waals surface area contributed by atoms with Crippen LogP contribution in [0.15, 0.2) is 83.8 Å². The Bertz CT molecular complexity index is 1320. The number of non-ortho nitro benzene ring substituents is 1. The molecule has 3 aromatic rings. The monoisotopic (exact) mass is 495 g/mol. The van der Waals surface area contributed by atoms with Gasteiger partial charge < -0.3 is 10.1 Å². The summed E-state index contributed by atoms with van der Waals surface area (Å²) in [6.07, 6.45) is 1.50. The Labute approximate surface area is 203 Å². The number of carbonyl (C=O) groups is 1. The van der Waals surface area contributed by atoms with Crippen molar-refractivity contribution in [1.82, 2.24) is 5.32 Å². The van der Waals surface area contributed by atoms with Gasteiger partial charge in [0.15, 0.2) is 0 Å². The fourth-order valence-corrected chi connectivity index (χ4v) is 5.32. The third-order valence-corrected chi connectivity index (χ3v) is 7.54. The van der Waals surface area contributed by atoms with Gasteiger partial charge in [-0.05, 0) is 36.6 Å². The number of nitro benzene ring substituents is 1. The first kappa shape index (κ1) is 24.4. The molecule has 0 spiro atoms. The number of hydrogen-bond acceptors (Lipinski definition) is 6. The van der Waals surface area contributed by atoms with E-state index in [9.17, 15) is 23.3 Å². The molecule has 0 bridgehead atoms. The Morgan fingerprint density at radius 2 is 1.66 bits per heavy atom. The van der Waals surface area contributed by atoms with Gasteiger partial charge in [-0.3, -0.25) is 19.6 Å². The molecule has 2 N–H and O–H groups in total. The Kier molecular flexibility index (Phi) is 7.13. The van der Waals surface area contributed by atoms with E-state index in [1.54, 1.807) is 12.1 Å². The largest absolute Gasteiger partial charge is 0.381 e. The minimum atomic E-state index is -4.17. The maximum absolute atomic E-state index is 13.2. The van der Waals surface area contributed by atoms with Gasteiger partial charge in [-0.1, -0.05) is 48.5 Å². The summed E-state index contributed by atoms with van der Waals surface area (Å²) in [5, 5.41) is 14.0. The SMILES string of the molecule is O=C(NCC1(c2ccccc2)CCOCC1)c1ccccc1NS(=O)(=O)c1cccc([N+](=O)[O-])c1. The first-order valence-corrected chi connectivity index (χ1v) is 12.6. The standard InChI is InChI=1S/C25H25N3O6S/c29-24(26-18-25(13-15-34-16-14-25)19-7-2-1-3-8-19)22-11-4-5-12-23(22)27-35(32,33)21-10-6-9-20(17-21)28(30)31/h1-12,17,27H,13-16,18H2,(H,26,29). The molecule has 0 aliphatic carbocycles. The second-order valence-electron chi connectivity index (χ2n) is 8.35. The van der Waals surface area contributed by atoms with Crippen molar-refractivity contribution in [2.24, 2.45) is 0 Å². The molecule has 9 nitrogen and oxygen atoms in total. The Hall–Kier alpha value is -3.76. The Morgan fingerprint density at radius 3 is 2.37 bits per heavy atom. The number of para-hydroxylation sites is 1. The van der Waals surface area contributed by atoms with Crippen LogP contribution in [0, 0.1) is 10.1 Å². The molecule has 0 aromatic heterocycles. The molecule has 0 unspecified atom stereocenters. The molecule has 1 amide bonds. The summed E-state index contributed by atoms with van der Waals surface area (Å²) in [7, 11) is -4.17. The molecular weight excluding hydrogens is 470 g/mol. The van der Waals surface area contributed by atoms with Gasteiger partial charge in [-0.25, -0.2) is 8.42 Å². The normalized spacial score (nSPS) is 15.2. The van der Waals surface area contributed by atoms with E-state index < -0.39 is 20.9 Å². The fraction of sp³-hybridized carbons (Fsp3) is 0.240. The highest BCUT2D eigenvalue weighted by Crippen LogP contribution is 2.34. The maximum atomic E-state index is 13.2. The van der Waals surface area contributed by atoms with E-state index in [-0.39, 0.29) is 27.2 Å². The molecule has 0 radical (unpaired) electrons. The van der Waals surface area contributed by atoms with Crippen LogP contribution < -0.4 is 10.0 Å². The van der Waals surface area contributed by atoms with Gasteiger partial charge in [0, 0.05) is 37.3 Å². The zero-order chi connectivity index (χ0) is 24.9. The van der Waals surface area contributed by atoms with Gasteiger partial charge in [0.1, 0.15) is 0 Å². The number of nitrogens with one attached hydrogen (secondary N) is 2. The van der Waals surface area contributed by atoms with E-state index in [0.717, 1.165) is 24.5 Å². The first-order valence-electron chi connectivity index (χ1n) is 11.1. The molecule has 1 saturated heterocycles. The van der Waals surface area contributed by atoms with Crippen LogP contribution in [0.1, 0.15) is 28.8 Å². The van der Waals surface area contributed by atoms with Crippen LogP contribution in [0.3, 0.4) is 0 Å². The molecule has 10 heteroatoms. The second kappa shape index (κ2) is 10.2. The van der Waals surface area contributed by atoms with Crippen molar-refractivity contribution in [1.29, 1.82) is 0 Å². The fourth-order valence-electron chi connectivity index (χ4n) is 4.20. The number of rotatable bonds is 8. The number of ether oxygens (including phenoxy) is 1. The predicted octanol–water partition coefficient (Wildman–Crippen LogP) is 3.87. The lowest BCUT2D eigenvalue weighted by Crippen LogP contribution is -2.44. The minimum Gasteiger partial charge on any atom is -0.381 e. The van der Waals surface area contributed by atoms with Crippen molar-refractivity contribution in [3.05, 3.63) is 100 Å². The van der Waals surface area contributed by atoms with Crippen molar-refractivity contribution in [3.8, 4) is 0 Å². The molecule has 4 rings (SSSR count). The summed E-state index contributed by atoms with van der Waals surface area (Å²) in [6.45, 7) is 1.54. The molecule has 0 saturated carbocycles. The van der Waals surface area contributed by atoms with Gasteiger partial charge in [-0.15, -0.1) is 0 Å². The van der Waals surface area contributed by atoms with E-state index in [2.05, 4.69) is 10.0 Å². The molecule has 1 heterocycles. The van der Waals surface area contributed by atoms with Crippen LogP contribution in [-0.4, -0.2) is 39.0 Å². The highest BCUT2D eigenvalue weighted by atomic mass is 32.2. The smallest absolute Gasteiger partial charge is 0.270 e. The number of benzene rings is 3. The van der Waals surface area contributed by atoms with Gasteiger partial charge in [0.25, 0.3) is 21.6 Å². The number of sulfonamides is 1. The van der Waals surface area contributed by atoms with Crippen LogP contribution in [-0.2, 0) is 20.2 Å². The maximum Gasteiger partial charge on any atom is 0.270 e. The third kappa shape index (κ3) is 5.50. The molecular formula is C25H25N3O6S. The van der Waals surface area contributed by atoms with Crippen molar-refractivity contribution in [2.45, 2.75) is 23.2 Å². The Morgan fingerprint density at radius 1 is 0.971 bits per heavy atom. The lowest BCUT2D eigenvalue weighted by atomic mass is 9.74. The summed E-state index contributed by atoms with van der Waals surface area (Å²) in [6, 6.07) is 20.9. The van der Waals surface area contributed by atoms with Crippen molar-refractivity contribution >= 4 is 27.3 Å². The number of anilines is 1. The van der Waals surface area contributed by atoms with Crippen LogP contribution in [0.4, 0.5) is 11.4 Å². The molecule has 1 aliphatic heterocycles. The van der Waals surface area contributed by atoms with Crippen LogP contribution >= 0.6 is 0 Å². The predicted molar refractivity (Wildman–Crippen MR) is 131 cm³/mol. The highest BCUT2D eigenvalue weighted by Gasteiger charge is 2.35. The molecule has 182 valence electrons. The van der Waals surface area contributed by atoms with Gasteiger partial charge >= 0.3 is 0 Å². The van der Waals surface area contributed by atoms with E-state index in [4.69, 9.17) is 4.74 Å². The van der Waals surface area contributed by atoms with Gasteiger partial charge in [0.2, 0.25) is 0 Å². The lowest BCUT2D eigenvalue weighted by molar-refractivity contribution is -0.385. The quantitative estimate of drug-likeness (QED) is 0.361. The molecule has 0 atom stereocenters. The summed E-state index contributed by atoms with van der Waals surface area (Å²) in [5.41, 5.74) is 0.714. The topological polar surface area (TPSA) is 128 Å². The number of amides is 1. The number of nitrogens with zero attached hydrogens (tertiary/aromatic N) is 1. The molecule has 3 aromatic carbocycles. The summed E-state index contributed by atoms with van der Waals surface area (Å²) in [4.78, 5) is 23.3. The van der Waals surface area contributed by atoms with Gasteiger partial charge in [0.05, 0.1) is 21.1 Å². The van der Waals surface area contributed by atoms with Crippen LogP contribution in [0.5, 0.6) is 0 Å². The second-order valence-corrected chi connectivity index (χ2v) is 10.0. The van der Waals surface area contributed by atoms with Crippen LogP contribution in [0.25, 0.3) is 0 Å². The first-order chi connectivity index (χ1) is 16.8. The molecule has 35 heavy (non-hydrogen) atoms. The zero-order valence-electron chi connectivity index (χ0n) is 18.8. The van der Waals surface area contributed by atoms with Crippen molar-refractivity contribution in [3.63, 3.8) is 0 Å². The highest BCUT2D eigenvalue weighted by molar-refractivity contribution is 7.92. The minimum absolute atomic E-state index is 0.0808. The van der Waals surface area contributed by atoms with E-state index in [0.29, 0.717) is 19.8 Å². The lowest BCUT2D eigenvalue weighted by Gasteiger charge is -2.38. The summed E-state index contributed by atoms with van der Waals surface area (Å²) >= 11 is 0. The van der Waals surface area contributed by atoms with Crippen molar-refractivity contribution in [2.75, 3.05) is 24.5 Å². The zero-order valence-corrected chi connectivity index (χ0v) is 19.7.